The maximum absolute atomic E-state index is 11.3. The predicted octanol–water partition coefficient (Wildman–Crippen LogP) is 6.59. The average Bonchev–Trinajstić information content (AvgIpc) is 3.50. The molecule has 0 saturated heterocycles. The first-order valence-corrected chi connectivity index (χ1v) is 11.2. The van der Waals surface area contributed by atoms with Gasteiger partial charge in [-0.05, 0) is 31.2 Å². The summed E-state index contributed by atoms with van der Waals surface area (Å²) in [6, 6.07) is 20.5. The van der Waals surface area contributed by atoms with Gasteiger partial charge in [-0.3, -0.25) is 10.1 Å². The van der Waals surface area contributed by atoms with E-state index >= 15 is 0 Å². The fraction of sp³-hybridized carbons (Fsp3) is 0.0417. The Bertz CT molecular complexity index is 1460. The first-order chi connectivity index (χ1) is 16.0. The molecule has 0 aliphatic rings. The lowest BCUT2D eigenvalue weighted by Crippen LogP contribution is -2.00. The van der Waals surface area contributed by atoms with Crippen molar-refractivity contribution in [3.63, 3.8) is 0 Å². The maximum atomic E-state index is 11.3. The van der Waals surface area contributed by atoms with Crippen molar-refractivity contribution in [2.45, 2.75) is 6.92 Å². The Hall–Kier alpha value is -3.88. The number of nitro benzene ring substituents is 1. The molecule has 0 aliphatic carbocycles. The van der Waals surface area contributed by atoms with Gasteiger partial charge < -0.3 is 0 Å². The highest BCUT2D eigenvalue weighted by Crippen LogP contribution is 2.31. The molecule has 33 heavy (non-hydrogen) atoms. The molecule has 5 rings (SSSR count). The van der Waals surface area contributed by atoms with Gasteiger partial charge in [-0.15, -0.1) is 16.4 Å². The number of hydrogen-bond donors (Lipinski definition) is 0. The summed E-state index contributed by atoms with van der Waals surface area (Å²) in [4.78, 5) is 15.7. The summed E-state index contributed by atoms with van der Waals surface area (Å²) in [5.74, 6) is 0. The van der Waals surface area contributed by atoms with Crippen LogP contribution in [0.15, 0.2) is 78.3 Å². The van der Waals surface area contributed by atoms with Crippen molar-refractivity contribution in [1.29, 1.82) is 0 Å². The molecule has 0 aliphatic heterocycles. The Morgan fingerprint density at radius 1 is 0.970 bits per heavy atom. The smallest absolute Gasteiger partial charge is 0.258 e. The normalized spacial score (nSPS) is 11.0. The van der Waals surface area contributed by atoms with Crippen LogP contribution in [0.2, 0.25) is 5.02 Å². The second kappa shape index (κ2) is 8.57. The van der Waals surface area contributed by atoms with Gasteiger partial charge in [0.15, 0.2) is 0 Å². The summed E-state index contributed by atoms with van der Waals surface area (Å²) in [6.07, 6.45) is 1.60. The van der Waals surface area contributed by atoms with Gasteiger partial charge in [0.1, 0.15) is 5.01 Å². The van der Waals surface area contributed by atoms with Crippen LogP contribution in [0.3, 0.4) is 0 Å². The third-order valence-electron chi connectivity index (χ3n) is 5.25. The Morgan fingerprint density at radius 2 is 1.67 bits per heavy atom. The molecule has 0 fully saturated rings. The summed E-state index contributed by atoms with van der Waals surface area (Å²) in [6.45, 7) is 1.72. The third kappa shape index (κ3) is 4.13. The molecule has 2 aromatic heterocycles. The molecule has 162 valence electrons. The minimum atomic E-state index is -0.381. The minimum absolute atomic E-state index is 0.0654. The molecule has 0 spiro atoms. The molecule has 0 N–H and O–H groups in total. The number of nitro groups is 1. The van der Waals surface area contributed by atoms with Crippen LogP contribution in [0.25, 0.3) is 38.8 Å². The van der Waals surface area contributed by atoms with E-state index in [0.29, 0.717) is 21.8 Å². The van der Waals surface area contributed by atoms with Crippen LogP contribution in [0.5, 0.6) is 0 Å². The van der Waals surface area contributed by atoms with Gasteiger partial charge in [0.25, 0.3) is 5.69 Å². The number of rotatable bonds is 5. The van der Waals surface area contributed by atoms with E-state index in [1.165, 1.54) is 0 Å². The fourth-order valence-corrected chi connectivity index (χ4v) is 4.45. The van der Waals surface area contributed by atoms with Gasteiger partial charge in [0.2, 0.25) is 0 Å². The second-order valence-electron chi connectivity index (χ2n) is 7.38. The van der Waals surface area contributed by atoms with Crippen LogP contribution >= 0.6 is 22.9 Å². The van der Waals surface area contributed by atoms with E-state index in [-0.39, 0.29) is 10.6 Å². The number of hydrogen-bond acceptors (Lipinski definition) is 6. The van der Waals surface area contributed by atoms with E-state index in [2.05, 4.69) is 10.3 Å². The Kier molecular flexibility index (Phi) is 5.45. The monoisotopic (exact) mass is 473 g/mol. The highest BCUT2D eigenvalue weighted by atomic mass is 35.5. The number of aromatic nitrogens is 4. The number of benzene rings is 3. The largest absolute Gasteiger partial charge is 0.272 e. The Labute approximate surface area is 198 Å². The lowest BCUT2D eigenvalue weighted by molar-refractivity contribution is -0.385. The van der Waals surface area contributed by atoms with Crippen molar-refractivity contribution in [3.05, 3.63) is 99.0 Å². The molecule has 0 saturated carbocycles. The third-order valence-corrected chi connectivity index (χ3v) is 6.40. The average molecular weight is 474 g/mol. The zero-order chi connectivity index (χ0) is 22.9. The zero-order valence-electron chi connectivity index (χ0n) is 17.3. The van der Waals surface area contributed by atoms with Crippen LogP contribution in [0.4, 0.5) is 5.69 Å². The van der Waals surface area contributed by atoms with E-state index in [9.17, 15) is 10.1 Å². The van der Waals surface area contributed by atoms with E-state index < -0.39 is 0 Å². The van der Waals surface area contributed by atoms with Crippen molar-refractivity contribution in [1.82, 2.24) is 20.0 Å². The molecule has 9 heteroatoms. The molecule has 0 radical (unpaired) electrons. The summed E-state index contributed by atoms with van der Waals surface area (Å²) in [5, 5.41) is 23.2. The number of nitrogens with zero attached hydrogens (tertiary/aromatic N) is 5. The van der Waals surface area contributed by atoms with E-state index in [1.54, 1.807) is 41.3 Å². The van der Waals surface area contributed by atoms with Crippen LogP contribution in [-0.4, -0.2) is 24.9 Å². The molecule has 5 aromatic rings. The molecule has 2 heterocycles. The van der Waals surface area contributed by atoms with Crippen LogP contribution in [-0.2, 0) is 0 Å². The van der Waals surface area contributed by atoms with Gasteiger partial charge in [0.05, 0.1) is 28.2 Å². The highest BCUT2D eigenvalue weighted by molar-refractivity contribution is 7.13. The second-order valence-corrected chi connectivity index (χ2v) is 8.68. The fourth-order valence-electron chi connectivity index (χ4n) is 3.49. The number of thiazole rings is 1. The lowest BCUT2D eigenvalue weighted by Gasteiger charge is -2.08. The van der Waals surface area contributed by atoms with E-state index in [4.69, 9.17) is 16.6 Å². The van der Waals surface area contributed by atoms with Gasteiger partial charge in [-0.2, -0.15) is 0 Å². The van der Waals surface area contributed by atoms with Crippen LogP contribution < -0.4 is 0 Å². The SMILES string of the molecule is Cc1ccc(-c2cnnn2-c2ccc(-c3csc(-c4ccc(Cl)cc4)n3)cc2)cc1[N+](=O)[O-]. The molecule has 0 bridgehead atoms. The Balaban J connectivity index is 1.44. The number of halogens is 1. The van der Waals surface area contributed by atoms with Crippen LogP contribution in [0.1, 0.15) is 5.56 Å². The maximum Gasteiger partial charge on any atom is 0.272 e. The summed E-state index contributed by atoms with van der Waals surface area (Å²) >= 11 is 7.55. The van der Waals surface area contributed by atoms with Crippen molar-refractivity contribution in [3.8, 4) is 38.8 Å². The summed E-state index contributed by atoms with van der Waals surface area (Å²) < 4.78 is 1.67. The molecule has 3 aromatic carbocycles. The molecule has 7 nitrogen and oxygen atoms in total. The van der Waals surface area contributed by atoms with E-state index in [0.717, 1.165) is 27.5 Å². The molecule has 0 amide bonds. The van der Waals surface area contributed by atoms with Gasteiger partial charge in [-0.25, -0.2) is 9.67 Å². The first-order valence-electron chi connectivity index (χ1n) is 9.98. The standard InChI is InChI=1S/C24H16ClN5O2S/c1-15-2-3-18(12-22(15)30(31)32)23-13-26-28-29(23)20-10-6-16(7-11-20)21-14-33-24(27-21)17-4-8-19(25)9-5-17/h2-14H,1H3. The molecule has 0 atom stereocenters. The zero-order valence-corrected chi connectivity index (χ0v) is 18.9. The van der Waals surface area contributed by atoms with E-state index in [1.807, 2.05) is 60.0 Å². The molecule has 0 unspecified atom stereocenters. The van der Waals surface area contributed by atoms with Crippen molar-refractivity contribution in [2.24, 2.45) is 0 Å². The van der Waals surface area contributed by atoms with Gasteiger partial charge >= 0.3 is 0 Å². The van der Waals surface area contributed by atoms with Gasteiger partial charge in [-0.1, -0.05) is 53.2 Å². The highest BCUT2D eigenvalue weighted by Gasteiger charge is 2.16. The lowest BCUT2D eigenvalue weighted by atomic mass is 10.1. The topological polar surface area (TPSA) is 86.7 Å². The number of aryl methyl sites for hydroxylation is 1. The first kappa shape index (κ1) is 21.0. The van der Waals surface area contributed by atoms with Crippen LogP contribution in [0, 0.1) is 17.0 Å². The van der Waals surface area contributed by atoms with Crippen molar-refractivity contribution >= 4 is 28.6 Å². The molecular formula is C24H16ClN5O2S. The van der Waals surface area contributed by atoms with Crippen molar-refractivity contribution in [2.75, 3.05) is 0 Å². The quantitative estimate of drug-likeness (QED) is 0.212. The minimum Gasteiger partial charge on any atom is -0.258 e. The summed E-state index contributed by atoms with van der Waals surface area (Å²) in [7, 11) is 0. The Morgan fingerprint density at radius 3 is 2.39 bits per heavy atom. The molecular weight excluding hydrogens is 458 g/mol. The summed E-state index contributed by atoms with van der Waals surface area (Å²) in [5.41, 5.74) is 5.68. The van der Waals surface area contributed by atoms with Crippen molar-refractivity contribution < 1.29 is 4.92 Å². The predicted molar refractivity (Wildman–Crippen MR) is 130 cm³/mol. The van der Waals surface area contributed by atoms with Gasteiger partial charge in [0, 0.05) is 38.7 Å².